The third-order valence-electron chi connectivity index (χ3n) is 3.55. The minimum Gasteiger partial charge on any atom is -0.409 e. The maximum absolute atomic E-state index is 9.01. The Morgan fingerprint density at radius 1 is 1.14 bits per heavy atom. The van der Waals surface area contributed by atoms with Gasteiger partial charge in [-0.3, -0.25) is 0 Å². The molecule has 3 N–H and O–H groups in total. The second-order valence-corrected chi connectivity index (χ2v) is 5.04. The van der Waals surface area contributed by atoms with E-state index in [1.807, 2.05) is 31.2 Å². The highest BCUT2D eigenvalue weighted by atomic mass is 16.4. The Balaban J connectivity index is 2.62. The number of hydrogen-bond donors (Lipinski definition) is 2. The molecule has 0 unspecified atom stereocenters. The van der Waals surface area contributed by atoms with Crippen LogP contribution in [-0.2, 0) is 0 Å². The maximum atomic E-state index is 9.01. The summed E-state index contributed by atoms with van der Waals surface area (Å²) in [6, 6.07) is 14.1. The van der Waals surface area contributed by atoms with Crippen LogP contribution in [-0.4, -0.2) is 17.6 Å². The van der Waals surface area contributed by atoms with Crippen molar-refractivity contribution >= 4 is 17.2 Å². The lowest BCUT2D eigenvalue weighted by molar-refractivity contribution is 0.318. The Morgan fingerprint density at radius 3 is 2.48 bits per heavy atom. The molecule has 110 valence electrons. The first-order valence-corrected chi connectivity index (χ1v) is 7.00. The molecule has 4 nitrogen and oxygen atoms in total. The molecule has 4 heteroatoms. The van der Waals surface area contributed by atoms with Crippen molar-refractivity contribution in [3.63, 3.8) is 0 Å². The molecule has 0 saturated heterocycles. The van der Waals surface area contributed by atoms with Crippen LogP contribution in [0.15, 0.2) is 47.6 Å². The molecule has 21 heavy (non-hydrogen) atoms. The van der Waals surface area contributed by atoms with E-state index in [0.29, 0.717) is 0 Å². The van der Waals surface area contributed by atoms with Gasteiger partial charge in [0.25, 0.3) is 0 Å². The number of nitrogens with two attached hydrogens (primary N) is 1. The van der Waals surface area contributed by atoms with Crippen molar-refractivity contribution < 1.29 is 5.21 Å². The summed E-state index contributed by atoms with van der Waals surface area (Å²) in [5, 5.41) is 12.2. The normalized spacial score (nSPS) is 11.5. The molecule has 0 amide bonds. The molecule has 0 saturated carbocycles. The standard InChI is InChI=1S/C17H21N3O/c1-4-20(15-8-6-5-7-13(15)3)16-11-12(2)9-10-14(16)17(18)19-21/h5-11,21H,4H2,1-3H3,(H2,18,19). The molecule has 2 aromatic rings. The van der Waals surface area contributed by atoms with Gasteiger partial charge in [0.1, 0.15) is 0 Å². The largest absolute Gasteiger partial charge is 0.409 e. The minimum absolute atomic E-state index is 0.122. The quantitative estimate of drug-likeness (QED) is 0.390. The van der Waals surface area contributed by atoms with Crippen molar-refractivity contribution in [3.05, 3.63) is 59.2 Å². The summed E-state index contributed by atoms with van der Waals surface area (Å²) < 4.78 is 0. The number of aryl methyl sites for hydroxylation is 2. The highest BCUT2D eigenvalue weighted by Gasteiger charge is 2.16. The fraction of sp³-hybridized carbons (Fsp3) is 0.235. The molecule has 0 bridgehead atoms. The number of benzene rings is 2. The molecule has 0 aliphatic heterocycles. The lowest BCUT2D eigenvalue weighted by Gasteiger charge is -2.27. The zero-order valence-corrected chi connectivity index (χ0v) is 12.7. The van der Waals surface area contributed by atoms with Crippen LogP contribution in [0.25, 0.3) is 0 Å². The lowest BCUT2D eigenvalue weighted by atomic mass is 10.1. The average Bonchev–Trinajstić information content (AvgIpc) is 2.49. The zero-order valence-electron chi connectivity index (χ0n) is 12.7. The number of rotatable bonds is 4. The van der Waals surface area contributed by atoms with Gasteiger partial charge >= 0.3 is 0 Å². The second kappa shape index (κ2) is 6.31. The highest BCUT2D eigenvalue weighted by molar-refractivity contribution is 6.03. The zero-order chi connectivity index (χ0) is 15.4. The van der Waals surface area contributed by atoms with Crippen LogP contribution >= 0.6 is 0 Å². The monoisotopic (exact) mass is 283 g/mol. The Labute approximate surface area is 125 Å². The molecule has 0 radical (unpaired) electrons. The van der Waals surface area contributed by atoms with E-state index in [0.717, 1.165) is 29.0 Å². The summed E-state index contributed by atoms with van der Waals surface area (Å²) in [6.45, 7) is 6.99. The lowest BCUT2D eigenvalue weighted by Crippen LogP contribution is -2.23. The molecule has 0 heterocycles. The smallest absolute Gasteiger partial charge is 0.172 e. The first kappa shape index (κ1) is 14.9. The van der Waals surface area contributed by atoms with E-state index in [-0.39, 0.29) is 5.84 Å². The summed E-state index contributed by atoms with van der Waals surface area (Å²) >= 11 is 0. The highest BCUT2D eigenvalue weighted by Crippen LogP contribution is 2.31. The number of anilines is 2. The first-order chi connectivity index (χ1) is 10.1. The van der Waals surface area contributed by atoms with Crippen molar-refractivity contribution in [1.82, 2.24) is 0 Å². The summed E-state index contributed by atoms with van der Waals surface area (Å²) in [5.74, 6) is 0.122. The molecule has 0 atom stereocenters. The summed E-state index contributed by atoms with van der Waals surface area (Å²) in [7, 11) is 0. The Hall–Kier alpha value is -2.49. The van der Waals surface area contributed by atoms with Crippen molar-refractivity contribution in [2.45, 2.75) is 20.8 Å². The Morgan fingerprint density at radius 2 is 1.86 bits per heavy atom. The van der Waals surface area contributed by atoms with E-state index in [9.17, 15) is 0 Å². The molecule has 2 rings (SSSR count). The van der Waals surface area contributed by atoms with E-state index >= 15 is 0 Å². The molecular weight excluding hydrogens is 262 g/mol. The van der Waals surface area contributed by atoms with Gasteiger partial charge in [0, 0.05) is 17.8 Å². The fourth-order valence-corrected chi connectivity index (χ4v) is 2.47. The van der Waals surface area contributed by atoms with Crippen LogP contribution in [0, 0.1) is 13.8 Å². The molecule has 0 aliphatic carbocycles. The molecule has 2 aromatic carbocycles. The number of amidine groups is 1. The minimum atomic E-state index is 0.122. The third kappa shape index (κ3) is 2.99. The number of para-hydroxylation sites is 1. The molecule has 0 spiro atoms. The van der Waals surface area contributed by atoms with E-state index in [1.54, 1.807) is 0 Å². The van der Waals surface area contributed by atoms with Crippen LogP contribution in [0.4, 0.5) is 11.4 Å². The number of oxime groups is 1. The van der Waals surface area contributed by atoms with Crippen molar-refractivity contribution in [3.8, 4) is 0 Å². The van der Waals surface area contributed by atoms with Gasteiger partial charge in [-0.05, 0) is 50.1 Å². The van der Waals surface area contributed by atoms with Crippen LogP contribution in [0.5, 0.6) is 0 Å². The van der Waals surface area contributed by atoms with Gasteiger partial charge in [0.2, 0.25) is 0 Å². The fourth-order valence-electron chi connectivity index (χ4n) is 2.47. The number of hydrogen-bond acceptors (Lipinski definition) is 3. The van der Waals surface area contributed by atoms with E-state index in [2.05, 4.69) is 42.1 Å². The first-order valence-electron chi connectivity index (χ1n) is 7.00. The van der Waals surface area contributed by atoms with E-state index < -0.39 is 0 Å². The van der Waals surface area contributed by atoms with Crippen LogP contribution < -0.4 is 10.6 Å². The molecular formula is C17H21N3O. The van der Waals surface area contributed by atoms with Gasteiger partial charge < -0.3 is 15.8 Å². The molecule has 0 aliphatic rings. The van der Waals surface area contributed by atoms with Crippen LogP contribution in [0.3, 0.4) is 0 Å². The molecule has 0 aromatic heterocycles. The second-order valence-electron chi connectivity index (χ2n) is 5.04. The third-order valence-corrected chi connectivity index (χ3v) is 3.55. The van der Waals surface area contributed by atoms with E-state index in [1.165, 1.54) is 5.56 Å². The summed E-state index contributed by atoms with van der Waals surface area (Å²) in [4.78, 5) is 2.18. The Kier molecular flexibility index (Phi) is 4.48. The van der Waals surface area contributed by atoms with Crippen molar-refractivity contribution in [1.29, 1.82) is 0 Å². The van der Waals surface area contributed by atoms with Crippen molar-refractivity contribution in [2.24, 2.45) is 10.9 Å². The van der Waals surface area contributed by atoms with Gasteiger partial charge in [-0.1, -0.05) is 29.4 Å². The van der Waals surface area contributed by atoms with E-state index in [4.69, 9.17) is 10.9 Å². The topological polar surface area (TPSA) is 61.8 Å². The van der Waals surface area contributed by atoms with Crippen LogP contribution in [0.1, 0.15) is 23.6 Å². The van der Waals surface area contributed by atoms with Gasteiger partial charge in [-0.15, -0.1) is 0 Å². The summed E-state index contributed by atoms with van der Waals surface area (Å²) in [6.07, 6.45) is 0. The van der Waals surface area contributed by atoms with Crippen LogP contribution in [0.2, 0.25) is 0 Å². The predicted octanol–water partition coefficient (Wildman–Crippen LogP) is 3.56. The van der Waals surface area contributed by atoms with Gasteiger partial charge in [-0.2, -0.15) is 0 Å². The Bertz CT molecular complexity index is 665. The average molecular weight is 283 g/mol. The number of nitrogens with zero attached hydrogens (tertiary/aromatic N) is 2. The van der Waals surface area contributed by atoms with Gasteiger partial charge in [0.05, 0.1) is 5.69 Å². The van der Waals surface area contributed by atoms with Gasteiger partial charge in [0.15, 0.2) is 5.84 Å². The summed E-state index contributed by atoms with van der Waals surface area (Å²) in [5.41, 5.74) is 10.9. The SMILES string of the molecule is CCN(c1ccccc1C)c1cc(C)ccc1C(N)=NO. The predicted molar refractivity (Wildman–Crippen MR) is 87.5 cm³/mol. The van der Waals surface area contributed by atoms with Crippen molar-refractivity contribution in [2.75, 3.05) is 11.4 Å². The molecule has 0 fully saturated rings. The maximum Gasteiger partial charge on any atom is 0.172 e. The van der Waals surface area contributed by atoms with Gasteiger partial charge in [-0.25, -0.2) is 0 Å².